The lowest BCUT2D eigenvalue weighted by Crippen LogP contribution is -2.14. The number of nitrogens with one attached hydrogen (secondary N) is 1. The predicted molar refractivity (Wildman–Crippen MR) is 77.9 cm³/mol. The third-order valence-corrected chi connectivity index (χ3v) is 3.44. The van der Waals surface area contributed by atoms with E-state index in [-0.39, 0.29) is 5.56 Å². The van der Waals surface area contributed by atoms with Crippen LogP contribution in [0.25, 0.3) is 0 Å². The zero-order chi connectivity index (χ0) is 13.8. The minimum absolute atomic E-state index is 0.0180. The van der Waals surface area contributed by atoms with E-state index in [9.17, 15) is 9.18 Å². The fraction of sp³-hybridized carbons (Fsp3) is 0.133. The molecule has 2 rings (SSSR count). The van der Waals surface area contributed by atoms with E-state index in [4.69, 9.17) is 0 Å². The van der Waals surface area contributed by atoms with Crippen molar-refractivity contribution in [1.82, 2.24) is 0 Å². The molecule has 0 aromatic heterocycles. The van der Waals surface area contributed by atoms with Crippen LogP contribution in [0, 0.1) is 5.82 Å². The van der Waals surface area contributed by atoms with E-state index in [2.05, 4.69) is 21.2 Å². The highest BCUT2D eigenvalue weighted by molar-refractivity contribution is 9.10. The molecule has 0 saturated carbocycles. The van der Waals surface area contributed by atoms with Crippen LogP contribution < -0.4 is 5.32 Å². The van der Waals surface area contributed by atoms with Gasteiger partial charge in [0.15, 0.2) is 0 Å². The number of carbonyl (C=O) groups excluding carboxylic acids is 1. The molecule has 0 radical (unpaired) electrons. The largest absolute Gasteiger partial charge is 0.322 e. The van der Waals surface area contributed by atoms with E-state index in [1.54, 1.807) is 18.2 Å². The Morgan fingerprint density at radius 1 is 1.26 bits per heavy atom. The summed E-state index contributed by atoms with van der Waals surface area (Å²) in [6, 6.07) is 12.0. The molecule has 19 heavy (non-hydrogen) atoms. The van der Waals surface area contributed by atoms with Crippen molar-refractivity contribution in [2.24, 2.45) is 0 Å². The Bertz CT molecular complexity index is 593. The maximum atomic E-state index is 13.7. The van der Waals surface area contributed by atoms with E-state index < -0.39 is 11.7 Å². The minimum Gasteiger partial charge on any atom is -0.322 e. The molecule has 2 aromatic rings. The maximum absolute atomic E-state index is 13.7. The van der Waals surface area contributed by atoms with Gasteiger partial charge in [-0.2, -0.15) is 0 Å². The molecular formula is C15H13BrFNO. The Labute approximate surface area is 119 Å². The summed E-state index contributed by atoms with van der Waals surface area (Å²) in [5.74, 6) is -1.00. The van der Waals surface area contributed by atoms with Crippen LogP contribution >= 0.6 is 15.9 Å². The van der Waals surface area contributed by atoms with Gasteiger partial charge in [-0.25, -0.2) is 4.39 Å². The molecule has 0 unspecified atom stereocenters. The summed E-state index contributed by atoms with van der Waals surface area (Å²) in [5, 5.41) is 2.71. The Hall–Kier alpha value is -1.68. The molecular weight excluding hydrogens is 309 g/mol. The highest BCUT2D eigenvalue weighted by atomic mass is 79.9. The van der Waals surface area contributed by atoms with Crippen molar-refractivity contribution in [3.05, 3.63) is 63.9 Å². The molecule has 1 N–H and O–H groups in total. The quantitative estimate of drug-likeness (QED) is 0.891. The van der Waals surface area contributed by atoms with Crippen LogP contribution in [-0.2, 0) is 6.42 Å². The van der Waals surface area contributed by atoms with Crippen molar-refractivity contribution >= 4 is 27.5 Å². The van der Waals surface area contributed by atoms with Crippen molar-refractivity contribution in [3.8, 4) is 0 Å². The van der Waals surface area contributed by atoms with Gasteiger partial charge in [-0.05, 0) is 52.2 Å². The topological polar surface area (TPSA) is 29.1 Å². The standard InChI is InChI=1S/C15H13BrFNO/c1-2-10-5-3-6-11(9-10)18-15(19)14-12(16)7-4-8-13(14)17/h3-9H,2H2,1H3,(H,18,19). The second-order valence-corrected chi connectivity index (χ2v) is 4.96. The smallest absolute Gasteiger partial charge is 0.259 e. The van der Waals surface area contributed by atoms with Gasteiger partial charge in [0.25, 0.3) is 5.91 Å². The number of carbonyl (C=O) groups is 1. The molecule has 2 aromatic carbocycles. The Morgan fingerprint density at radius 2 is 2.00 bits per heavy atom. The summed E-state index contributed by atoms with van der Waals surface area (Å²) in [6.07, 6.45) is 0.882. The number of rotatable bonds is 3. The van der Waals surface area contributed by atoms with Gasteiger partial charge in [0.05, 0.1) is 5.56 Å². The van der Waals surface area contributed by atoms with Crippen LogP contribution in [0.15, 0.2) is 46.9 Å². The fourth-order valence-corrected chi connectivity index (χ4v) is 2.30. The van der Waals surface area contributed by atoms with Crippen LogP contribution in [0.1, 0.15) is 22.8 Å². The van der Waals surface area contributed by atoms with Crippen molar-refractivity contribution in [2.75, 3.05) is 5.32 Å². The summed E-state index contributed by atoms with van der Waals surface area (Å²) in [5.41, 5.74) is 1.80. The van der Waals surface area contributed by atoms with Gasteiger partial charge in [-0.15, -0.1) is 0 Å². The molecule has 0 fully saturated rings. The van der Waals surface area contributed by atoms with Crippen molar-refractivity contribution < 1.29 is 9.18 Å². The summed E-state index contributed by atoms with van der Waals surface area (Å²) in [4.78, 5) is 12.1. The first-order valence-electron chi connectivity index (χ1n) is 5.96. The van der Waals surface area contributed by atoms with Crippen LogP contribution in [0.2, 0.25) is 0 Å². The summed E-state index contributed by atoms with van der Waals surface area (Å²) in [6.45, 7) is 2.04. The second kappa shape index (κ2) is 5.97. The third-order valence-electron chi connectivity index (χ3n) is 2.78. The minimum atomic E-state index is -0.543. The van der Waals surface area contributed by atoms with Crippen molar-refractivity contribution in [1.29, 1.82) is 0 Å². The predicted octanol–water partition coefficient (Wildman–Crippen LogP) is 4.40. The second-order valence-electron chi connectivity index (χ2n) is 4.10. The lowest BCUT2D eigenvalue weighted by atomic mass is 10.1. The number of hydrogen-bond acceptors (Lipinski definition) is 1. The molecule has 4 heteroatoms. The number of anilines is 1. The lowest BCUT2D eigenvalue weighted by molar-refractivity contribution is 0.102. The number of aryl methyl sites for hydroxylation is 1. The van der Waals surface area contributed by atoms with E-state index in [0.29, 0.717) is 10.2 Å². The van der Waals surface area contributed by atoms with Crippen molar-refractivity contribution in [3.63, 3.8) is 0 Å². The Balaban J connectivity index is 2.26. The van der Waals surface area contributed by atoms with Gasteiger partial charge >= 0.3 is 0 Å². The highest BCUT2D eigenvalue weighted by Gasteiger charge is 2.15. The molecule has 0 heterocycles. The number of hydrogen-bond donors (Lipinski definition) is 1. The van der Waals surface area contributed by atoms with Gasteiger partial charge in [0, 0.05) is 10.2 Å². The first-order valence-corrected chi connectivity index (χ1v) is 6.75. The zero-order valence-electron chi connectivity index (χ0n) is 10.4. The average Bonchev–Trinajstić information content (AvgIpc) is 2.38. The molecule has 0 aliphatic carbocycles. The first kappa shape index (κ1) is 13.7. The van der Waals surface area contributed by atoms with Crippen LogP contribution in [-0.4, -0.2) is 5.91 Å². The monoisotopic (exact) mass is 321 g/mol. The molecule has 1 amide bonds. The van der Waals surface area contributed by atoms with Crippen LogP contribution in [0.4, 0.5) is 10.1 Å². The first-order chi connectivity index (χ1) is 9.11. The maximum Gasteiger partial charge on any atom is 0.259 e. The molecule has 0 spiro atoms. The molecule has 0 aliphatic rings. The molecule has 0 saturated heterocycles. The highest BCUT2D eigenvalue weighted by Crippen LogP contribution is 2.21. The molecule has 0 aliphatic heterocycles. The van der Waals surface area contributed by atoms with E-state index in [1.165, 1.54) is 6.07 Å². The molecule has 98 valence electrons. The van der Waals surface area contributed by atoms with E-state index >= 15 is 0 Å². The van der Waals surface area contributed by atoms with Crippen LogP contribution in [0.3, 0.4) is 0 Å². The Morgan fingerprint density at radius 3 is 2.68 bits per heavy atom. The Kier molecular flexibility index (Phi) is 4.32. The third kappa shape index (κ3) is 3.20. The molecule has 0 atom stereocenters. The van der Waals surface area contributed by atoms with Gasteiger partial charge in [0.1, 0.15) is 5.82 Å². The number of amides is 1. The van der Waals surface area contributed by atoms with Crippen molar-refractivity contribution in [2.45, 2.75) is 13.3 Å². The van der Waals surface area contributed by atoms with Gasteiger partial charge in [0.2, 0.25) is 0 Å². The van der Waals surface area contributed by atoms with E-state index in [1.807, 2.05) is 25.1 Å². The number of benzene rings is 2. The fourth-order valence-electron chi connectivity index (χ4n) is 1.78. The molecule has 2 nitrogen and oxygen atoms in total. The van der Waals surface area contributed by atoms with E-state index in [0.717, 1.165) is 12.0 Å². The van der Waals surface area contributed by atoms with Gasteiger partial charge in [-0.1, -0.05) is 25.1 Å². The normalized spacial score (nSPS) is 10.3. The van der Waals surface area contributed by atoms with Gasteiger partial charge in [-0.3, -0.25) is 4.79 Å². The average molecular weight is 322 g/mol. The summed E-state index contributed by atoms with van der Waals surface area (Å²) in [7, 11) is 0. The lowest BCUT2D eigenvalue weighted by Gasteiger charge is -2.08. The number of halogens is 2. The zero-order valence-corrected chi connectivity index (χ0v) is 12.0. The van der Waals surface area contributed by atoms with Gasteiger partial charge < -0.3 is 5.32 Å². The van der Waals surface area contributed by atoms with Crippen LogP contribution in [0.5, 0.6) is 0 Å². The summed E-state index contributed by atoms with van der Waals surface area (Å²) >= 11 is 3.19. The summed E-state index contributed by atoms with van der Waals surface area (Å²) < 4.78 is 14.1. The molecule has 0 bridgehead atoms. The SMILES string of the molecule is CCc1cccc(NC(=O)c2c(F)cccc2Br)c1.